The molecule has 0 radical (unpaired) electrons. The molecule has 20 heavy (non-hydrogen) atoms. The lowest BCUT2D eigenvalue weighted by Gasteiger charge is -2.31. The highest BCUT2D eigenvalue weighted by molar-refractivity contribution is 6.41. The van der Waals surface area contributed by atoms with Gasteiger partial charge in [0, 0.05) is 0 Å². The molecule has 1 fully saturated rings. The van der Waals surface area contributed by atoms with Crippen molar-refractivity contribution in [2.24, 2.45) is 0 Å². The second-order valence-corrected chi connectivity index (χ2v) is 4.15. The molecule has 7 heteroatoms. The third-order valence-corrected chi connectivity index (χ3v) is 2.82. The Morgan fingerprint density at radius 1 is 1.45 bits per heavy atom. The number of nitrogens with one attached hydrogen (secondary N) is 1. The summed E-state index contributed by atoms with van der Waals surface area (Å²) >= 11 is 0. The summed E-state index contributed by atoms with van der Waals surface area (Å²) in [6.45, 7) is 1.62. The van der Waals surface area contributed by atoms with Gasteiger partial charge in [0.25, 0.3) is 0 Å². The van der Waals surface area contributed by atoms with Crippen LogP contribution in [0.1, 0.15) is 6.92 Å². The monoisotopic (exact) mass is 280 g/mol. The number of rotatable bonds is 3. The normalized spacial score (nSPS) is 18.7. The molecule has 1 saturated heterocycles. The van der Waals surface area contributed by atoms with E-state index < -0.39 is 29.6 Å². The molecule has 106 valence electrons. The van der Waals surface area contributed by atoms with Crippen molar-refractivity contribution in [3.8, 4) is 0 Å². The van der Waals surface area contributed by atoms with Gasteiger partial charge in [0.1, 0.15) is 11.9 Å². The first kappa shape index (κ1) is 14.0. The van der Waals surface area contributed by atoms with Gasteiger partial charge in [-0.25, -0.2) is 9.18 Å². The van der Waals surface area contributed by atoms with Gasteiger partial charge >= 0.3 is 17.8 Å². The van der Waals surface area contributed by atoms with Gasteiger partial charge in [-0.1, -0.05) is 12.1 Å². The molecule has 2 amide bonds. The number of para-hydroxylation sites is 1. The lowest BCUT2D eigenvalue weighted by Crippen LogP contribution is -2.61. The van der Waals surface area contributed by atoms with E-state index >= 15 is 0 Å². The smallest absolute Gasteiger partial charge is 0.330 e. The summed E-state index contributed by atoms with van der Waals surface area (Å²) in [5.41, 5.74) is -0.0401. The first-order chi connectivity index (χ1) is 9.54. The van der Waals surface area contributed by atoms with Crippen LogP contribution in [0, 0.1) is 5.82 Å². The molecule has 0 aliphatic carbocycles. The zero-order valence-corrected chi connectivity index (χ0v) is 10.8. The van der Waals surface area contributed by atoms with Crippen molar-refractivity contribution in [3.63, 3.8) is 0 Å². The van der Waals surface area contributed by atoms with Gasteiger partial charge in [-0.2, -0.15) is 0 Å². The summed E-state index contributed by atoms with van der Waals surface area (Å²) in [5, 5.41) is 2.24. The molecule has 1 aliphatic heterocycles. The Kier molecular flexibility index (Phi) is 3.97. The Hall–Kier alpha value is -2.44. The minimum atomic E-state index is -1.00. The Morgan fingerprint density at radius 2 is 2.15 bits per heavy atom. The number of amides is 2. The standard InChI is InChI=1S/C13H13FN2O4/c1-2-20-13(19)9-7-16(12(18)11(17)15-9)10-6-4-3-5-8(10)14/h3-6,9H,2,7H2,1H3,(H,15,17)/t9-/m1/s1. The van der Waals surface area contributed by atoms with Crippen LogP contribution >= 0.6 is 0 Å². The fraction of sp³-hybridized carbons (Fsp3) is 0.308. The highest BCUT2D eigenvalue weighted by atomic mass is 19.1. The van der Waals surface area contributed by atoms with Gasteiger partial charge in [0.05, 0.1) is 18.8 Å². The summed E-state index contributed by atoms with van der Waals surface area (Å²) in [4.78, 5) is 36.0. The molecule has 1 aliphatic rings. The third kappa shape index (κ3) is 2.61. The molecule has 0 bridgehead atoms. The lowest BCUT2D eigenvalue weighted by molar-refractivity contribution is -0.150. The number of hydrogen-bond acceptors (Lipinski definition) is 4. The van der Waals surface area contributed by atoms with E-state index in [1.54, 1.807) is 6.92 Å². The molecule has 1 aromatic carbocycles. The summed E-state index contributed by atoms with van der Waals surface area (Å²) < 4.78 is 18.5. The van der Waals surface area contributed by atoms with E-state index in [0.29, 0.717) is 0 Å². The van der Waals surface area contributed by atoms with Gasteiger partial charge in [-0.3, -0.25) is 14.5 Å². The molecule has 1 aromatic rings. The molecule has 1 heterocycles. The van der Waals surface area contributed by atoms with E-state index in [1.165, 1.54) is 24.3 Å². The predicted molar refractivity (Wildman–Crippen MR) is 67.3 cm³/mol. The van der Waals surface area contributed by atoms with Crippen LogP contribution in [0.4, 0.5) is 10.1 Å². The van der Waals surface area contributed by atoms with Gasteiger partial charge in [0.15, 0.2) is 0 Å². The number of nitrogens with zero attached hydrogens (tertiary/aromatic N) is 1. The first-order valence-electron chi connectivity index (χ1n) is 6.08. The SMILES string of the molecule is CCOC(=O)[C@H]1CN(c2ccccc2F)C(=O)C(=O)N1. The summed E-state index contributed by atoms with van der Waals surface area (Å²) in [6, 6.07) is 4.55. The van der Waals surface area contributed by atoms with Crippen LogP contribution in [0.2, 0.25) is 0 Å². The number of carbonyl (C=O) groups excluding carboxylic acids is 3. The maximum absolute atomic E-state index is 13.7. The van der Waals surface area contributed by atoms with Crippen molar-refractivity contribution in [2.45, 2.75) is 13.0 Å². The number of anilines is 1. The van der Waals surface area contributed by atoms with E-state index in [0.717, 1.165) is 4.90 Å². The van der Waals surface area contributed by atoms with E-state index in [4.69, 9.17) is 4.74 Å². The molecular formula is C13H13FN2O4. The molecule has 0 aromatic heterocycles. The maximum Gasteiger partial charge on any atom is 0.330 e. The molecule has 6 nitrogen and oxygen atoms in total. The van der Waals surface area contributed by atoms with Crippen molar-refractivity contribution in [1.29, 1.82) is 0 Å². The minimum absolute atomic E-state index is 0.0401. The van der Waals surface area contributed by atoms with Crippen LogP contribution in [0.15, 0.2) is 24.3 Å². The van der Waals surface area contributed by atoms with Crippen LogP contribution in [-0.2, 0) is 19.1 Å². The van der Waals surface area contributed by atoms with Crippen molar-refractivity contribution in [1.82, 2.24) is 5.32 Å². The number of esters is 1. The van der Waals surface area contributed by atoms with Crippen molar-refractivity contribution in [2.75, 3.05) is 18.1 Å². The number of hydrogen-bond donors (Lipinski definition) is 1. The summed E-state index contributed by atoms with van der Waals surface area (Å²) in [5.74, 6) is -3.17. The van der Waals surface area contributed by atoms with Gasteiger partial charge in [0.2, 0.25) is 0 Å². The zero-order valence-electron chi connectivity index (χ0n) is 10.8. The zero-order chi connectivity index (χ0) is 14.7. The molecule has 1 atom stereocenters. The third-order valence-electron chi connectivity index (χ3n) is 2.82. The average molecular weight is 280 g/mol. The van der Waals surface area contributed by atoms with Crippen LogP contribution in [0.25, 0.3) is 0 Å². The number of halogens is 1. The Balaban J connectivity index is 2.27. The quantitative estimate of drug-likeness (QED) is 0.635. The maximum atomic E-state index is 13.7. The number of benzene rings is 1. The molecule has 0 spiro atoms. The largest absolute Gasteiger partial charge is 0.464 e. The first-order valence-corrected chi connectivity index (χ1v) is 6.08. The van der Waals surface area contributed by atoms with E-state index in [9.17, 15) is 18.8 Å². The van der Waals surface area contributed by atoms with E-state index in [1.807, 2.05) is 0 Å². The number of ether oxygens (including phenoxy) is 1. The van der Waals surface area contributed by atoms with Crippen molar-refractivity contribution in [3.05, 3.63) is 30.1 Å². The van der Waals surface area contributed by atoms with Crippen molar-refractivity contribution < 1.29 is 23.5 Å². The van der Waals surface area contributed by atoms with E-state index in [-0.39, 0.29) is 18.8 Å². The van der Waals surface area contributed by atoms with Gasteiger partial charge in [-0.05, 0) is 19.1 Å². The second-order valence-electron chi connectivity index (χ2n) is 4.15. The Labute approximate surface area is 114 Å². The van der Waals surface area contributed by atoms with Crippen LogP contribution in [-0.4, -0.2) is 37.0 Å². The number of carbonyl (C=O) groups is 3. The topological polar surface area (TPSA) is 75.7 Å². The van der Waals surface area contributed by atoms with Crippen LogP contribution < -0.4 is 10.2 Å². The van der Waals surface area contributed by atoms with Crippen LogP contribution in [0.5, 0.6) is 0 Å². The highest BCUT2D eigenvalue weighted by Gasteiger charge is 2.38. The van der Waals surface area contributed by atoms with Crippen LogP contribution in [0.3, 0.4) is 0 Å². The van der Waals surface area contributed by atoms with Gasteiger partial charge in [-0.15, -0.1) is 0 Å². The molecular weight excluding hydrogens is 267 g/mol. The average Bonchev–Trinajstić information content (AvgIpc) is 2.43. The van der Waals surface area contributed by atoms with Crippen molar-refractivity contribution >= 4 is 23.5 Å². The Bertz CT molecular complexity index is 561. The number of piperazine rings is 1. The molecule has 0 unspecified atom stereocenters. The summed E-state index contributed by atoms with van der Waals surface area (Å²) in [7, 11) is 0. The summed E-state index contributed by atoms with van der Waals surface area (Å²) in [6.07, 6.45) is 0. The predicted octanol–water partition coefficient (Wildman–Crippen LogP) is 0.220. The minimum Gasteiger partial charge on any atom is -0.464 e. The molecule has 2 rings (SSSR count). The van der Waals surface area contributed by atoms with Gasteiger partial charge < -0.3 is 10.1 Å². The Morgan fingerprint density at radius 3 is 2.80 bits per heavy atom. The molecule has 1 N–H and O–H groups in total. The lowest BCUT2D eigenvalue weighted by atomic mass is 10.1. The van der Waals surface area contributed by atoms with E-state index in [2.05, 4.69) is 5.32 Å². The highest BCUT2D eigenvalue weighted by Crippen LogP contribution is 2.21. The fourth-order valence-corrected chi connectivity index (χ4v) is 1.91. The fourth-order valence-electron chi connectivity index (χ4n) is 1.91. The molecule has 0 saturated carbocycles. The second kappa shape index (κ2) is 5.68.